The van der Waals surface area contributed by atoms with Crippen LogP contribution in [0, 0.1) is 18.3 Å². The lowest BCUT2D eigenvalue weighted by Gasteiger charge is -2.04. The summed E-state index contributed by atoms with van der Waals surface area (Å²) in [6.45, 7) is 8.94. The van der Waals surface area contributed by atoms with E-state index in [1.54, 1.807) is 0 Å². The van der Waals surface area contributed by atoms with Crippen molar-refractivity contribution < 1.29 is 0 Å². The molecule has 0 atom stereocenters. The summed E-state index contributed by atoms with van der Waals surface area (Å²) in [5, 5.41) is 0. The smallest absolute Gasteiger partial charge is 0.00891 e. The van der Waals surface area contributed by atoms with Crippen molar-refractivity contribution in [2.45, 2.75) is 27.7 Å². The van der Waals surface area contributed by atoms with Gasteiger partial charge in [-0.2, -0.15) is 0 Å². The Labute approximate surface area is 70.0 Å². The molecule has 0 aliphatic heterocycles. The number of rotatable bonds is 2. The minimum Gasteiger partial charge on any atom is -0.0729 e. The highest BCUT2D eigenvalue weighted by Gasteiger charge is 2.11. The maximum atomic E-state index is 2.31. The first-order chi connectivity index (χ1) is 5.11. The van der Waals surface area contributed by atoms with Crippen LogP contribution in [-0.4, -0.2) is 0 Å². The summed E-state index contributed by atoms with van der Waals surface area (Å²) in [6, 6.07) is 0. The van der Waals surface area contributed by atoms with Crippen LogP contribution in [0.5, 0.6) is 0 Å². The SMILES string of the molecule is CC(C)C1=CC(C(C)C)=C[CH]1. The summed E-state index contributed by atoms with van der Waals surface area (Å²) in [4.78, 5) is 0. The lowest BCUT2D eigenvalue weighted by Crippen LogP contribution is -1.90. The van der Waals surface area contributed by atoms with Crippen molar-refractivity contribution in [1.82, 2.24) is 0 Å². The molecule has 0 unspecified atom stereocenters. The number of hydrogen-bond donors (Lipinski definition) is 0. The third kappa shape index (κ3) is 1.95. The standard InChI is InChI=1S/C11H17/c1-8(2)10-5-6-11(7-10)9(3)4/h5-9H,1-4H3. The molecule has 0 amide bonds. The maximum Gasteiger partial charge on any atom is 0.00891 e. The highest BCUT2D eigenvalue weighted by Crippen LogP contribution is 2.26. The average Bonchev–Trinajstić information content (AvgIpc) is 2.33. The van der Waals surface area contributed by atoms with E-state index in [1.807, 2.05) is 0 Å². The van der Waals surface area contributed by atoms with Gasteiger partial charge in [-0.1, -0.05) is 45.4 Å². The quantitative estimate of drug-likeness (QED) is 0.564. The van der Waals surface area contributed by atoms with Crippen molar-refractivity contribution in [3.05, 3.63) is 29.7 Å². The summed E-state index contributed by atoms with van der Waals surface area (Å²) in [5.74, 6) is 1.34. The molecule has 0 saturated carbocycles. The molecule has 1 aliphatic carbocycles. The summed E-state index contributed by atoms with van der Waals surface area (Å²) >= 11 is 0. The van der Waals surface area contributed by atoms with Crippen LogP contribution in [0.25, 0.3) is 0 Å². The van der Waals surface area contributed by atoms with Gasteiger partial charge in [0.15, 0.2) is 0 Å². The van der Waals surface area contributed by atoms with Gasteiger partial charge in [-0.25, -0.2) is 0 Å². The van der Waals surface area contributed by atoms with Crippen molar-refractivity contribution in [1.29, 1.82) is 0 Å². The Morgan fingerprint density at radius 1 is 0.909 bits per heavy atom. The highest BCUT2D eigenvalue weighted by molar-refractivity contribution is 5.42. The fourth-order valence-corrected chi connectivity index (χ4v) is 1.20. The van der Waals surface area contributed by atoms with Gasteiger partial charge in [-0.15, -0.1) is 0 Å². The summed E-state index contributed by atoms with van der Waals surface area (Å²) in [6.07, 6.45) is 6.79. The van der Waals surface area contributed by atoms with Crippen LogP contribution in [0.4, 0.5) is 0 Å². The molecular formula is C11H17. The number of hydrogen-bond acceptors (Lipinski definition) is 0. The summed E-state index contributed by atoms with van der Waals surface area (Å²) in [5.41, 5.74) is 2.93. The molecule has 0 aromatic heterocycles. The summed E-state index contributed by atoms with van der Waals surface area (Å²) in [7, 11) is 0. The molecule has 0 fully saturated rings. The first-order valence-electron chi connectivity index (χ1n) is 4.37. The molecule has 1 radical (unpaired) electrons. The van der Waals surface area contributed by atoms with Crippen molar-refractivity contribution in [3.63, 3.8) is 0 Å². The molecule has 0 nitrogen and oxygen atoms in total. The zero-order valence-electron chi connectivity index (χ0n) is 7.89. The molecule has 11 heavy (non-hydrogen) atoms. The van der Waals surface area contributed by atoms with E-state index in [1.165, 1.54) is 11.1 Å². The minimum atomic E-state index is 0.669. The highest BCUT2D eigenvalue weighted by atomic mass is 14.2. The van der Waals surface area contributed by atoms with Gasteiger partial charge in [-0.05, 0) is 17.4 Å². The van der Waals surface area contributed by atoms with Crippen LogP contribution in [0.15, 0.2) is 23.3 Å². The van der Waals surface area contributed by atoms with Gasteiger partial charge in [0.2, 0.25) is 0 Å². The van der Waals surface area contributed by atoms with Crippen LogP contribution in [-0.2, 0) is 0 Å². The Morgan fingerprint density at radius 3 is 1.73 bits per heavy atom. The Hall–Kier alpha value is -0.520. The molecule has 0 aromatic carbocycles. The molecule has 1 rings (SSSR count). The molecule has 1 aliphatic rings. The lowest BCUT2D eigenvalue weighted by atomic mass is 10.0. The minimum absolute atomic E-state index is 0.669. The second kappa shape index (κ2) is 3.25. The first kappa shape index (κ1) is 8.58. The zero-order valence-corrected chi connectivity index (χ0v) is 7.89. The van der Waals surface area contributed by atoms with Crippen LogP contribution in [0.3, 0.4) is 0 Å². The molecular weight excluding hydrogens is 132 g/mol. The second-order valence-electron chi connectivity index (χ2n) is 3.79. The van der Waals surface area contributed by atoms with Crippen molar-refractivity contribution >= 4 is 0 Å². The molecule has 0 N–H and O–H groups in total. The van der Waals surface area contributed by atoms with E-state index >= 15 is 0 Å². The van der Waals surface area contributed by atoms with Crippen LogP contribution in [0.2, 0.25) is 0 Å². The van der Waals surface area contributed by atoms with E-state index in [0.717, 1.165) is 0 Å². The number of allylic oxidation sites excluding steroid dienone is 4. The van der Waals surface area contributed by atoms with Gasteiger partial charge in [0.25, 0.3) is 0 Å². The fraction of sp³-hybridized carbons (Fsp3) is 0.545. The Morgan fingerprint density at radius 2 is 1.45 bits per heavy atom. The van der Waals surface area contributed by atoms with Crippen molar-refractivity contribution in [3.8, 4) is 0 Å². The predicted molar refractivity (Wildman–Crippen MR) is 50.1 cm³/mol. The molecule has 0 heteroatoms. The van der Waals surface area contributed by atoms with Gasteiger partial charge < -0.3 is 0 Å². The van der Waals surface area contributed by atoms with Gasteiger partial charge in [-0.3, -0.25) is 0 Å². The predicted octanol–water partition coefficient (Wildman–Crippen LogP) is 3.37. The largest absolute Gasteiger partial charge is 0.0729 e. The molecule has 0 bridgehead atoms. The first-order valence-corrected chi connectivity index (χ1v) is 4.37. The van der Waals surface area contributed by atoms with Crippen LogP contribution in [0.1, 0.15) is 27.7 Å². The summed E-state index contributed by atoms with van der Waals surface area (Å²) < 4.78 is 0. The third-order valence-electron chi connectivity index (χ3n) is 2.13. The Balaban J connectivity index is 2.63. The third-order valence-corrected chi connectivity index (χ3v) is 2.13. The fourth-order valence-electron chi connectivity index (χ4n) is 1.20. The van der Waals surface area contributed by atoms with E-state index in [9.17, 15) is 0 Å². The van der Waals surface area contributed by atoms with E-state index < -0.39 is 0 Å². The normalized spacial score (nSPS) is 17.6. The van der Waals surface area contributed by atoms with Crippen LogP contribution >= 0.6 is 0 Å². The van der Waals surface area contributed by atoms with E-state index in [4.69, 9.17) is 0 Å². The molecule has 61 valence electrons. The van der Waals surface area contributed by atoms with E-state index in [2.05, 4.69) is 46.3 Å². The molecule has 0 heterocycles. The molecule has 0 saturated heterocycles. The molecule has 0 aromatic rings. The van der Waals surface area contributed by atoms with E-state index in [-0.39, 0.29) is 0 Å². The second-order valence-corrected chi connectivity index (χ2v) is 3.79. The average molecular weight is 149 g/mol. The Kier molecular flexibility index (Phi) is 2.53. The van der Waals surface area contributed by atoms with Gasteiger partial charge in [0.1, 0.15) is 0 Å². The monoisotopic (exact) mass is 149 g/mol. The van der Waals surface area contributed by atoms with Gasteiger partial charge in [0.05, 0.1) is 0 Å². The van der Waals surface area contributed by atoms with E-state index in [0.29, 0.717) is 11.8 Å². The van der Waals surface area contributed by atoms with Gasteiger partial charge in [0, 0.05) is 6.42 Å². The zero-order chi connectivity index (χ0) is 8.43. The Bertz CT molecular complexity index is 192. The van der Waals surface area contributed by atoms with Crippen LogP contribution < -0.4 is 0 Å². The van der Waals surface area contributed by atoms with Crippen molar-refractivity contribution in [2.75, 3.05) is 0 Å². The topological polar surface area (TPSA) is 0 Å². The molecule has 0 spiro atoms. The van der Waals surface area contributed by atoms with Crippen molar-refractivity contribution in [2.24, 2.45) is 11.8 Å². The lowest BCUT2D eigenvalue weighted by molar-refractivity contribution is 0.774. The maximum absolute atomic E-state index is 2.31. The van der Waals surface area contributed by atoms with Gasteiger partial charge >= 0.3 is 0 Å².